The van der Waals surface area contributed by atoms with Crippen LogP contribution >= 0.6 is 11.6 Å². The smallest absolute Gasteiger partial charge is 0.435 e. The lowest BCUT2D eigenvalue weighted by atomic mass is 9.99. The van der Waals surface area contributed by atoms with E-state index in [9.17, 15) is 18.0 Å². The van der Waals surface area contributed by atoms with Gasteiger partial charge in [0.05, 0.1) is 11.3 Å². The lowest BCUT2D eigenvalue weighted by Crippen LogP contribution is -2.25. The van der Waals surface area contributed by atoms with E-state index in [2.05, 4.69) is 5.10 Å². The van der Waals surface area contributed by atoms with Crippen LogP contribution in [-0.2, 0) is 11.4 Å². The Morgan fingerprint density at radius 3 is 2.31 bits per heavy atom. The lowest BCUT2D eigenvalue weighted by molar-refractivity contribution is -0.114. The molecule has 0 aromatic heterocycles. The topological polar surface area (TPSA) is 41.9 Å². The Kier molecular flexibility index (Phi) is 6.24. The zero-order chi connectivity index (χ0) is 25.3. The van der Waals surface area contributed by atoms with Crippen molar-refractivity contribution >= 4 is 45.8 Å². The van der Waals surface area contributed by atoms with Gasteiger partial charge in [0.2, 0.25) is 0 Å². The first kappa shape index (κ1) is 23.6. The number of fused-ring (bicyclic) bond motifs is 1. The molecule has 0 unspecified atom stereocenters. The molecular weight excluding hydrogens is 489 g/mol. The van der Waals surface area contributed by atoms with Gasteiger partial charge in [0.25, 0.3) is 5.91 Å². The van der Waals surface area contributed by atoms with Gasteiger partial charge in [0.15, 0.2) is 5.71 Å². The summed E-state index contributed by atoms with van der Waals surface area (Å²) in [5.41, 5.74) is -0.384. The number of alkyl halides is 3. The highest BCUT2D eigenvalue weighted by Gasteiger charge is 2.47. The quantitative estimate of drug-likeness (QED) is 0.264. The van der Waals surface area contributed by atoms with Crippen molar-refractivity contribution in [3.63, 3.8) is 0 Å². The van der Waals surface area contributed by atoms with Crippen molar-refractivity contribution in [2.24, 2.45) is 5.10 Å². The van der Waals surface area contributed by atoms with Crippen molar-refractivity contribution < 1.29 is 22.7 Å². The maximum atomic E-state index is 14.0. The molecule has 36 heavy (non-hydrogen) atoms. The van der Waals surface area contributed by atoms with Gasteiger partial charge >= 0.3 is 6.18 Å². The van der Waals surface area contributed by atoms with Crippen LogP contribution in [0.25, 0.3) is 16.8 Å². The number of anilines is 1. The fraction of sp³-hybridized carbons (Fsp3) is 0.0714. The van der Waals surface area contributed by atoms with E-state index in [-0.39, 0.29) is 12.3 Å². The second-order valence-electron chi connectivity index (χ2n) is 8.07. The number of halogens is 4. The summed E-state index contributed by atoms with van der Waals surface area (Å²) in [7, 11) is 0. The molecule has 0 fully saturated rings. The molecule has 0 spiro atoms. The minimum absolute atomic E-state index is 0.163. The van der Waals surface area contributed by atoms with Gasteiger partial charge in [0.1, 0.15) is 12.4 Å². The zero-order valence-corrected chi connectivity index (χ0v) is 19.4. The van der Waals surface area contributed by atoms with E-state index in [1.54, 1.807) is 60.7 Å². The van der Waals surface area contributed by atoms with Crippen LogP contribution < -0.4 is 9.75 Å². The first-order valence-corrected chi connectivity index (χ1v) is 11.4. The fourth-order valence-electron chi connectivity index (χ4n) is 3.93. The minimum atomic E-state index is -4.83. The van der Waals surface area contributed by atoms with Crippen LogP contribution in [0, 0.1) is 0 Å². The maximum Gasteiger partial charge on any atom is 0.435 e. The van der Waals surface area contributed by atoms with Gasteiger partial charge in [-0.05, 0) is 52.7 Å². The average Bonchev–Trinajstić information content (AvgIpc) is 3.21. The van der Waals surface area contributed by atoms with Crippen LogP contribution in [0.4, 0.5) is 18.9 Å². The molecule has 0 saturated carbocycles. The van der Waals surface area contributed by atoms with Crippen molar-refractivity contribution in [1.29, 1.82) is 0 Å². The Labute approximate surface area is 209 Å². The number of ether oxygens (including phenoxy) is 1. The number of para-hydroxylation sites is 1. The summed E-state index contributed by atoms with van der Waals surface area (Å²) in [5.74, 6) is -0.534. The van der Waals surface area contributed by atoms with Crippen LogP contribution in [0.3, 0.4) is 0 Å². The van der Waals surface area contributed by atoms with Crippen molar-refractivity contribution in [3.8, 4) is 5.75 Å². The number of rotatable bonds is 5. The summed E-state index contributed by atoms with van der Waals surface area (Å²) in [6, 6.07) is 25.8. The summed E-state index contributed by atoms with van der Waals surface area (Å²) in [5, 5.41) is 6.44. The number of benzene rings is 4. The summed E-state index contributed by atoms with van der Waals surface area (Å²) in [6.45, 7) is 0.163. The molecular formula is C28H18ClF3N2O2. The molecule has 1 aliphatic heterocycles. The Hall–Kier alpha value is -4.10. The van der Waals surface area contributed by atoms with E-state index >= 15 is 0 Å². The highest BCUT2D eigenvalue weighted by atomic mass is 35.5. The lowest BCUT2D eigenvalue weighted by Gasteiger charge is -2.14. The SMILES string of the molecule is O=C1/C(=C\c2c(OCc3ccc(Cl)cc3)ccc3ccccc23)C(C(F)(F)F)=NN1c1ccccc1. The van der Waals surface area contributed by atoms with Crippen LogP contribution in [0.5, 0.6) is 5.75 Å². The van der Waals surface area contributed by atoms with Crippen molar-refractivity contribution in [2.75, 3.05) is 5.01 Å². The molecule has 4 aromatic carbocycles. The number of hydrogen-bond acceptors (Lipinski definition) is 3. The van der Waals surface area contributed by atoms with Crippen molar-refractivity contribution in [3.05, 3.63) is 113 Å². The number of carbonyl (C=O) groups is 1. The molecule has 1 aliphatic rings. The number of carbonyl (C=O) groups excluding carboxylic acids is 1. The van der Waals surface area contributed by atoms with Crippen molar-refractivity contribution in [2.45, 2.75) is 12.8 Å². The molecule has 0 atom stereocenters. The predicted octanol–water partition coefficient (Wildman–Crippen LogP) is 7.42. The van der Waals surface area contributed by atoms with Gasteiger partial charge < -0.3 is 4.74 Å². The van der Waals surface area contributed by atoms with E-state index in [0.29, 0.717) is 21.7 Å². The Bertz CT molecular complexity index is 1500. The van der Waals surface area contributed by atoms with Crippen molar-refractivity contribution in [1.82, 2.24) is 0 Å². The Balaban J connectivity index is 1.61. The highest BCUT2D eigenvalue weighted by Crippen LogP contribution is 2.36. The van der Waals surface area contributed by atoms with Gasteiger partial charge in [-0.15, -0.1) is 0 Å². The molecule has 1 amide bonds. The van der Waals surface area contributed by atoms with E-state index in [1.165, 1.54) is 18.2 Å². The summed E-state index contributed by atoms with van der Waals surface area (Å²) in [4.78, 5) is 13.2. The molecule has 0 radical (unpaired) electrons. The molecule has 0 saturated heterocycles. The molecule has 8 heteroatoms. The summed E-state index contributed by atoms with van der Waals surface area (Å²) >= 11 is 5.95. The zero-order valence-electron chi connectivity index (χ0n) is 18.7. The first-order valence-electron chi connectivity index (χ1n) is 11.0. The molecule has 4 nitrogen and oxygen atoms in total. The monoisotopic (exact) mass is 506 g/mol. The predicted molar refractivity (Wildman–Crippen MR) is 135 cm³/mol. The molecule has 4 aromatic rings. The minimum Gasteiger partial charge on any atom is -0.488 e. The van der Waals surface area contributed by atoms with E-state index in [4.69, 9.17) is 16.3 Å². The molecule has 1 heterocycles. The number of nitrogens with zero attached hydrogens (tertiary/aromatic N) is 2. The second-order valence-corrected chi connectivity index (χ2v) is 8.51. The van der Waals surface area contributed by atoms with Crippen LogP contribution in [0.1, 0.15) is 11.1 Å². The number of amides is 1. The number of hydrogen-bond donors (Lipinski definition) is 0. The number of hydrazone groups is 1. The van der Waals surface area contributed by atoms with Crippen LogP contribution in [-0.4, -0.2) is 17.8 Å². The van der Waals surface area contributed by atoms with E-state index in [0.717, 1.165) is 16.0 Å². The Morgan fingerprint density at radius 1 is 0.889 bits per heavy atom. The van der Waals surface area contributed by atoms with Crippen LogP contribution in [0.15, 0.2) is 102 Å². The molecule has 5 rings (SSSR count). The molecule has 0 aliphatic carbocycles. The maximum absolute atomic E-state index is 14.0. The van der Waals surface area contributed by atoms with E-state index in [1.807, 2.05) is 18.2 Å². The van der Waals surface area contributed by atoms with Gasteiger partial charge in [0, 0.05) is 10.6 Å². The van der Waals surface area contributed by atoms with Gasteiger partial charge in [-0.25, -0.2) is 0 Å². The Morgan fingerprint density at radius 2 is 1.58 bits per heavy atom. The van der Waals surface area contributed by atoms with Crippen LogP contribution in [0.2, 0.25) is 5.02 Å². The first-order chi connectivity index (χ1) is 17.3. The normalized spacial score (nSPS) is 15.0. The summed E-state index contributed by atoms with van der Waals surface area (Å²) < 4.78 is 48.0. The highest BCUT2D eigenvalue weighted by molar-refractivity contribution is 6.34. The average molecular weight is 507 g/mol. The molecule has 0 bridgehead atoms. The molecule has 0 N–H and O–H groups in total. The third-order valence-electron chi connectivity index (χ3n) is 5.67. The summed E-state index contributed by atoms with van der Waals surface area (Å²) in [6.07, 6.45) is -3.61. The van der Waals surface area contributed by atoms with E-state index < -0.39 is 23.4 Å². The van der Waals surface area contributed by atoms with Gasteiger partial charge in [-0.3, -0.25) is 4.79 Å². The van der Waals surface area contributed by atoms with Gasteiger partial charge in [-0.1, -0.05) is 72.3 Å². The fourth-order valence-corrected chi connectivity index (χ4v) is 4.06. The second kappa shape index (κ2) is 9.51. The molecule has 180 valence electrons. The standard InChI is InChI=1S/C28H18ClF3N2O2/c29-20-13-10-18(11-14-20)17-36-25-15-12-19-6-4-5-9-22(19)23(25)16-24-26(28(30,31)32)33-34(27(24)35)21-7-2-1-3-8-21/h1-16H,17H2/b24-16-. The third kappa shape index (κ3) is 4.70. The van der Waals surface area contributed by atoms with Gasteiger partial charge in [-0.2, -0.15) is 23.3 Å². The third-order valence-corrected chi connectivity index (χ3v) is 5.93. The largest absolute Gasteiger partial charge is 0.488 e.